The van der Waals surface area contributed by atoms with Gasteiger partial charge in [-0.2, -0.15) is 0 Å². The highest BCUT2D eigenvalue weighted by molar-refractivity contribution is 5.23. The van der Waals surface area contributed by atoms with Crippen molar-refractivity contribution in [2.24, 2.45) is 0 Å². The zero-order valence-electron chi connectivity index (χ0n) is 12.7. The molecule has 0 unspecified atom stereocenters. The van der Waals surface area contributed by atoms with Gasteiger partial charge in [-0.15, -0.1) is 0 Å². The Morgan fingerprint density at radius 2 is 1.65 bits per heavy atom. The second-order valence-corrected chi connectivity index (χ2v) is 6.14. The Labute approximate surface area is 123 Å². The molecule has 1 aliphatic rings. The summed E-state index contributed by atoms with van der Waals surface area (Å²) in [6.45, 7) is 3.42. The first-order valence-electron chi connectivity index (χ1n) is 8.28. The number of halogens is 1. The fourth-order valence-corrected chi connectivity index (χ4v) is 3.00. The first kappa shape index (κ1) is 15.5. The van der Waals surface area contributed by atoms with Crippen molar-refractivity contribution >= 4 is 0 Å². The van der Waals surface area contributed by atoms with Crippen LogP contribution in [-0.2, 0) is 0 Å². The van der Waals surface area contributed by atoms with Crippen LogP contribution in [0.2, 0.25) is 0 Å². The van der Waals surface area contributed by atoms with Gasteiger partial charge in [-0.05, 0) is 49.4 Å². The van der Waals surface area contributed by atoms with E-state index in [1.165, 1.54) is 56.9 Å². The van der Waals surface area contributed by atoms with E-state index >= 15 is 0 Å². The second kappa shape index (κ2) is 8.41. The maximum absolute atomic E-state index is 12.9. The molecule has 0 saturated heterocycles. The quantitative estimate of drug-likeness (QED) is 0.625. The van der Waals surface area contributed by atoms with Crippen LogP contribution < -0.4 is 5.32 Å². The van der Waals surface area contributed by atoms with Crippen LogP contribution in [0.15, 0.2) is 24.3 Å². The molecule has 1 fully saturated rings. The molecule has 2 rings (SSSR count). The number of hydrogen-bond donors (Lipinski definition) is 1. The molecular formula is C18H28FN. The molecule has 0 heterocycles. The number of benzene rings is 1. The predicted molar refractivity (Wildman–Crippen MR) is 83.5 cm³/mol. The van der Waals surface area contributed by atoms with Gasteiger partial charge in [0.25, 0.3) is 0 Å². The number of hydrogen-bond acceptors (Lipinski definition) is 1. The fraction of sp³-hybridized carbons (Fsp3) is 0.667. The molecule has 0 atom stereocenters. The summed E-state index contributed by atoms with van der Waals surface area (Å²) < 4.78 is 12.9. The van der Waals surface area contributed by atoms with E-state index in [0.717, 1.165) is 6.54 Å². The van der Waals surface area contributed by atoms with E-state index in [-0.39, 0.29) is 5.82 Å². The number of unbranched alkanes of at least 4 members (excludes halogenated alkanes) is 5. The standard InChI is InChI=1S/C18H28FN/c1-2-3-4-5-6-7-12-20-18-13-16(14-18)15-8-10-17(19)11-9-15/h8-11,16,18,20H,2-7,12-14H2,1H3. The van der Waals surface area contributed by atoms with Gasteiger partial charge >= 0.3 is 0 Å². The average Bonchev–Trinajstić information content (AvgIpc) is 2.41. The molecule has 1 aromatic rings. The molecule has 112 valence electrons. The van der Waals surface area contributed by atoms with Crippen molar-refractivity contribution in [1.29, 1.82) is 0 Å². The Morgan fingerprint density at radius 3 is 2.35 bits per heavy atom. The maximum atomic E-state index is 12.9. The van der Waals surface area contributed by atoms with Gasteiger partial charge < -0.3 is 5.32 Å². The molecule has 0 radical (unpaired) electrons. The third-order valence-electron chi connectivity index (χ3n) is 4.44. The summed E-state index contributed by atoms with van der Waals surface area (Å²) in [7, 11) is 0. The van der Waals surface area contributed by atoms with Crippen molar-refractivity contribution in [3.8, 4) is 0 Å². The summed E-state index contributed by atoms with van der Waals surface area (Å²) in [5, 5.41) is 3.65. The topological polar surface area (TPSA) is 12.0 Å². The normalized spacial score (nSPS) is 21.7. The minimum absolute atomic E-state index is 0.133. The molecule has 0 aromatic heterocycles. The number of rotatable bonds is 9. The molecule has 1 aliphatic carbocycles. The molecule has 1 aromatic carbocycles. The lowest BCUT2D eigenvalue weighted by Gasteiger charge is -2.36. The maximum Gasteiger partial charge on any atom is 0.123 e. The summed E-state index contributed by atoms with van der Waals surface area (Å²) in [4.78, 5) is 0. The Bertz CT molecular complexity index is 368. The van der Waals surface area contributed by atoms with Crippen LogP contribution in [0, 0.1) is 5.82 Å². The molecule has 0 bridgehead atoms. The lowest BCUT2D eigenvalue weighted by Crippen LogP contribution is -2.40. The van der Waals surface area contributed by atoms with Crippen LogP contribution in [-0.4, -0.2) is 12.6 Å². The van der Waals surface area contributed by atoms with Gasteiger partial charge in [0.2, 0.25) is 0 Å². The van der Waals surface area contributed by atoms with E-state index in [0.29, 0.717) is 12.0 Å². The lowest BCUT2D eigenvalue weighted by molar-refractivity contribution is 0.289. The van der Waals surface area contributed by atoms with Gasteiger partial charge in [0.1, 0.15) is 5.82 Å². The summed E-state index contributed by atoms with van der Waals surface area (Å²) in [6, 6.07) is 7.70. The van der Waals surface area contributed by atoms with Gasteiger partial charge in [0.05, 0.1) is 0 Å². The fourth-order valence-electron chi connectivity index (χ4n) is 3.00. The zero-order chi connectivity index (χ0) is 14.2. The average molecular weight is 277 g/mol. The summed E-state index contributed by atoms with van der Waals surface area (Å²) in [5.41, 5.74) is 1.30. The minimum atomic E-state index is -0.133. The van der Waals surface area contributed by atoms with Crippen LogP contribution in [0.3, 0.4) is 0 Å². The van der Waals surface area contributed by atoms with Gasteiger partial charge in [-0.25, -0.2) is 4.39 Å². The summed E-state index contributed by atoms with van der Waals surface area (Å²) in [6.07, 6.45) is 10.6. The van der Waals surface area contributed by atoms with Crippen molar-refractivity contribution in [3.63, 3.8) is 0 Å². The smallest absolute Gasteiger partial charge is 0.123 e. The highest BCUT2D eigenvalue weighted by Gasteiger charge is 2.29. The van der Waals surface area contributed by atoms with Crippen molar-refractivity contribution in [1.82, 2.24) is 5.32 Å². The Kier molecular flexibility index (Phi) is 6.52. The van der Waals surface area contributed by atoms with Gasteiger partial charge in [-0.1, -0.05) is 51.2 Å². The Balaban J connectivity index is 1.50. The number of nitrogens with one attached hydrogen (secondary N) is 1. The molecule has 2 heteroatoms. The van der Waals surface area contributed by atoms with E-state index in [4.69, 9.17) is 0 Å². The molecule has 0 aliphatic heterocycles. The van der Waals surface area contributed by atoms with E-state index in [1.54, 1.807) is 12.1 Å². The Morgan fingerprint density at radius 1 is 1.00 bits per heavy atom. The van der Waals surface area contributed by atoms with Crippen molar-refractivity contribution in [2.45, 2.75) is 70.3 Å². The van der Waals surface area contributed by atoms with Crippen LogP contribution in [0.25, 0.3) is 0 Å². The third kappa shape index (κ3) is 4.90. The molecule has 0 amide bonds. The molecular weight excluding hydrogens is 249 g/mol. The van der Waals surface area contributed by atoms with Crippen molar-refractivity contribution in [2.75, 3.05) is 6.54 Å². The highest BCUT2D eigenvalue weighted by Crippen LogP contribution is 2.36. The SMILES string of the molecule is CCCCCCCCNC1CC(c2ccc(F)cc2)C1. The zero-order valence-corrected chi connectivity index (χ0v) is 12.7. The second-order valence-electron chi connectivity index (χ2n) is 6.14. The van der Waals surface area contributed by atoms with E-state index in [9.17, 15) is 4.39 Å². The van der Waals surface area contributed by atoms with Gasteiger partial charge in [-0.3, -0.25) is 0 Å². The monoisotopic (exact) mass is 277 g/mol. The first-order chi connectivity index (χ1) is 9.79. The largest absolute Gasteiger partial charge is 0.314 e. The molecule has 1 N–H and O–H groups in total. The van der Waals surface area contributed by atoms with E-state index < -0.39 is 0 Å². The first-order valence-corrected chi connectivity index (χ1v) is 8.28. The van der Waals surface area contributed by atoms with Crippen LogP contribution >= 0.6 is 0 Å². The van der Waals surface area contributed by atoms with Crippen LogP contribution in [0.4, 0.5) is 4.39 Å². The van der Waals surface area contributed by atoms with Gasteiger partial charge in [0, 0.05) is 6.04 Å². The van der Waals surface area contributed by atoms with E-state index in [2.05, 4.69) is 12.2 Å². The highest BCUT2D eigenvalue weighted by atomic mass is 19.1. The Hall–Kier alpha value is -0.890. The van der Waals surface area contributed by atoms with Crippen molar-refractivity contribution in [3.05, 3.63) is 35.6 Å². The predicted octanol–water partition coefficient (Wildman–Crippen LogP) is 5.02. The molecule has 0 spiro atoms. The van der Waals surface area contributed by atoms with Crippen LogP contribution in [0.5, 0.6) is 0 Å². The minimum Gasteiger partial charge on any atom is -0.314 e. The molecule has 1 nitrogen and oxygen atoms in total. The third-order valence-corrected chi connectivity index (χ3v) is 4.44. The van der Waals surface area contributed by atoms with Gasteiger partial charge in [0.15, 0.2) is 0 Å². The lowest BCUT2D eigenvalue weighted by atomic mass is 9.76. The summed E-state index contributed by atoms with van der Waals surface area (Å²) in [5.74, 6) is 0.503. The van der Waals surface area contributed by atoms with Crippen LogP contribution in [0.1, 0.15) is 69.8 Å². The van der Waals surface area contributed by atoms with Crippen molar-refractivity contribution < 1.29 is 4.39 Å². The summed E-state index contributed by atoms with van der Waals surface area (Å²) >= 11 is 0. The van der Waals surface area contributed by atoms with E-state index in [1.807, 2.05) is 12.1 Å². The molecule has 20 heavy (non-hydrogen) atoms. The molecule has 1 saturated carbocycles.